The third-order valence-electron chi connectivity index (χ3n) is 4.38. The highest BCUT2D eigenvalue weighted by molar-refractivity contribution is 7.89. The normalized spacial score (nSPS) is 15.4. The standard InChI is InChI=1S/C18H30N4O3S/c1-3-19-18(21-13-16-8-5-9-17(12-16)25-2)20-10-11-26(23,24)22-14-15-6-4-7-15/h5,8-9,12,15,22H,3-4,6-7,10-11,13-14H2,1-2H3,(H2,19,20,21). The van der Waals surface area contributed by atoms with Crippen molar-refractivity contribution in [3.05, 3.63) is 29.8 Å². The number of nitrogens with zero attached hydrogens (tertiary/aromatic N) is 1. The molecule has 0 aliphatic heterocycles. The molecule has 0 unspecified atom stereocenters. The fraction of sp³-hybridized carbons (Fsp3) is 0.611. The largest absolute Gasteiger partial charge is 0.497 e. The molecular weight excluding hydrogens is 352 g/mol. The lowest BCUT2D eigenvalue weighted by atomic mass is 9.86. The average Bonchev–Trinajstić information content (AvgIpc) is 2.58. The van der Waals surface area contributed by atoms with Crippen LogP contribution in [0, 0.1) is 5.92 Å². The monoisotopic (exact) mass is 382 g/mol. The van der Waals surface area contributed by atoms with Gasteiger partial charge in [-0.2, -0.15) is 0 Å². The van der Waals surface area contributed by atoms with Gasteiger partial charge in [-0.05, 0) is 43.4 Å². The maximum absolute atomic E-state index is 12.0. The van der Waals surface area contributed by atoms with Crippen LogP contribution in [0.25, 0.3) is 0 Å². The summed E-state index contributed by atoms with van der Waals surface area (Å²) in [6, 6.07) is 7.72. The second-order valence-electron chi connectivity index (χ2n) is 6.44. The summed E-state index contributed by atoms with van der Waals surface area (Å²) in [7, 11) is -1.62. The number of sulfonamides is 1. The smallest absolute Gasteiger partial charge is 0.213 e. The van der Waals surface area contributed by atoms with Crippen LogP contribution in [0.2, 0.25) is 0 Å². The van der Waals surface area contributed by atoms with Crippen molar-refractivity contribution in [1.82, 2.24) is 15.4 Å². The molecule has 1 aliphatic rings. The molecule has 26 heavy (non-hydrogen) atoms. The Hall–Kier alpha value is -1.80. The van der Waals surface area contributed by atoms with E-state index in [1.165, 1.54) is 6.42 Å². The molecule has 7 nitrogen and oxygen atoms in total. The molecule has 0 spiro atoms. The number of nitrogens with one attached hydrogen (secondary N) is 3. The molecule has 2 rings (SSSR count). The Balaban J connectivity index is 1.80. The SMILES string of the molecule is CCNC(=NCc1cccc(OC)c1)NCCS(=O)(=O)NCC1CCC1. The van der Waals surface area contributed by atoms with Crippen LogP contribution in [0.4, 0.5) is 0 Å². The van der Waals surface area contributed by atoms with Gasteiger partial charge in [-0.3, -0.25) is 0 Å². The molecule has 1 fully saturated rings. The number of hydrogen-bond donors (Lipinski definition) is 3. The lowest BCUT2D eigenvalue weighted by Crippen LogP contribution is -2.42. The van der Waals surface area contributed by atoms with E-state index in [9.17, 15) is 8.42 Å². The molecular formula is C18H30N4O3S. The number of rotatable bonds is 10. The van der Waals surface area contributed by atoms with E-state index in [4.69, 9.17) is 4.74 Å². The molecule has 0 aromatic heterocycles. The summed E-state index contributed by atoms with van der Waals surface area (Å²) in [6.45, 7) is 4.03. The molecule has 1 aromatic rings. The number of guanidine groups is 1. The quantitative estimate of drug-likeness (QED) is 0.421. The molecule has 1 aromatic carbocycles. The number of aliphatic imine (C=N–C) groups is 1. The van der Waals surface area contributed by atoms with Crippen molar-refractivity contribution in [1.29, 1.82) is 0 Å². The average molecular weight is 383 g/mol. The zero-order chi connectivity index (χ0) is 18.8. The van der Waals surface area contributed by atoms with E-state index in [1.54, 1.807) is 7.11 Å². The molecule has 0 amide bonds. The summed E-state index contributed by atoms with van der Waals surface area (Å²) in [5, 5.41) is 6.21. The summed E-state index contributed by atoms with van der Waals surface area (Å²) < 4.78 is 32.0. The van der Waals surface area contributed by atoms with Gasteiger partial charge in [0.2, 0.25) is 10.0 Å². The molecule has 1 aliphatic carbocycles. The van der Waals surface area contributed by atoms with E-state index in [0.717, 1.165) is 24.2 Å². The van der Waals surface area contributed by atoms with Gasteiger partial charge in [-0.15, -0.1) is 0 Å². The molecule has 0 atom stereocenters. The first kappa shape index (κ1) is 20.5. The maximum atomic E-state index is 12.0. The van der Waals surface area contributed by atoms with Crippen molar-refractivity contribution >= 4 is 16.0 Å². The van der Waals surface area contributed by atoms with Gasteiger partial charge in [0, 0.05) is 19.6 Å². The third kappa shape index (κ3) is 7.21. The van der Waals surface area contributed by atoms with Gasteiger partial charge < -0.3 is 15.4 Å². The van der Waals surface area contributed by atoms with Crippen molar-refractivity contribution in [3.63, 3.8) is 0 Å². The predicted octanol–water partition coefficient (Wildman–Crippen LogP) is 1.47. The second kappa shape index (κ2) is 10.4. The van der Waals surface area contributed by atoms with E-state index >= 15 is 0 Å². The number of ether oxygens (including phenoxy) is 1. The van der Waals surface area contributed by atoms with Gasteiger partial charge in [-0.1, -0.05) is 18.6 Å². The Bertz CT molecular complexity index is 687. The number of hydrogen-bond acceptors (Lipinski definition) is 4. The molecule has 0 heterocycles. The van der Waals surface area contributed by atoms with Crippen LogP contribution in [0.5, 0.6) is 5.75 Å². The van der Waals surface area contributed by atoms with Crippen LogP contribution < -0.4 is 20.1 Å². The zero-order valence-corrected chi connectivity index (χ0v) is 16.4. The fourth-order valence-corrected chi connectivity index (χ4v) is 3.61. The first-order chi connectivity index (χ1) is 12.5. The topological polar surface area (TPSA) is 91.8 Å². The Labute approximate surface area is 156 Å². The third-order valence-corrected chi connectivity index (χ3v) is 5.73. The maximum Gasteiger partial charge on any atom is 0.213 e. The summed E-state index contributed by atoms with van der Waals surface area (Å²) in [6.07, 6.45) is 3.47. The second-order valence-corrected chi connectivity index (χ2v) is 8.36. The predicted molar refractivity (Wildman–Crippen MR) is 105 cm³/mol. The summed E-state index contributed by atoms with van der Waals surface area (Å²) >= 11 is 0. The van der Waals surface area contributed by atoms with E-state index in [1.807, 2.05) is 31.2 Å². The minimum Gasteiger partial charge on any atom is -0.497 e. The highest BCUT2D eigenvalue weighted by Crippen LogP contribution is 2.25. The Morgan fingerprint density at radius 2 is 2.12 bits per heavy atom. The first-order valence-electron chi connectivity index (χ1n) is 9.15. The van der Waals surface area contributed by atoms with E-state index in [2.05, 4.69) is 20.3 Å². The van der Waals surface area contributed by atoms with Crippen LogP contribution in [-0.2, 0) is 16.6 Å². The molecule has 146 valence electrons. The van der Waals surface area contributed by atoms with Gasteiger partial charge in [0.1, 0.15) is 5.75 Å². The van der Waals surface area contributed by atoms with Crippen LogP contribution in [0.1, 0.15) is 31.7 Å². The Kier molecular flexibility index (Phi) is 8.18. The molecule has 1 saturated carbocycles. The van der Waals surface area contributed by atoms with Crippen molar-refractivity contribution in [3.8, 4) is 5.75 Å². The summed E-state index contributed by atoms with van der Waals surface area (Å²) in [5.41, 5.74) is 1.02. The highest BCUT2D eigenvalue weighted by atomic mass is 32.2. The Morgan fingerprint density at radius 3 is 2.77 bits per heavy atom. The molecule has 0 saturated heterocycles. The minimum atomic E-state index is -3.25. The first-order valence-corrected chi connectivity index (χ1v) is 10.8. The summed E-state index contributed by atoms with van der Waals surface area (Å²) in [5.74, 6) is 1.94. The van der Waals surface area contributed by atoms with Crippen LogP contribution in [0.15, 0.2) is 29.3 Å². The highest BCUT2D eigenvalue weighted by Gasteiger charge is 2.20. The van der Waals surface area contributed by atoms with Gasteiger partial charge in [0.25, 0.3) is 0 Å². The van der Waals surface area contributed by atoms with E-state index in [0.29, 0.717) is 38.1 Å². The lowest BCUT2D eigenvalue weighted by molar-refractivity contribution is 0.316. The zero-order valence-electron chi connectivity index (χ0n) is 15.6. The van der Waals surface area contributed by atoms with Crippen molar-refractivity contribution in [2.24, 2.45) is 10.9 Å². The fourth-order valence-electron chi connectivity index (χ4n) is 2.60. The van der Waals surface area contributed by atoms with Crippen molar-refractivity contribution in [2.75, 3.05) is 32.5 Å². The molecule has 0 bridgehead atoms. The van der Waals surface area contributed by atoms with Crippen molar-refractivity contribution < 1.29 is 13.2 Å². The number of benzene rings is 1. The lowest BCUT2D eigenvalue weighted by Gasteiger charge is -2.25. The van der Waals surface area contributed by atoms with E-state index < -0.39 is 10.0 Å². The van der Waals surface area contributed by atoms with Crippen LogP contribution >= 0.6 is 0 Å². The number of methoxy groups -OCH3 is 1. The van der Waals surface area contributed by atoms with Crippen LogP contribution in [-0.4, -0.2) is 46.9 Å². The van der Waals surface area contributed by atoms with Gasteiger partial charge in [0.05, 0.1) is 19.4 Å². The minimum absolute atomic E-state index is 0.0310. The Morgan fingerprint density at radius 1 is 1.31 bits per heavy atom. The van der Waals surface area contributed by atoms with Gasteiger partial charge in [-0.25, -0.2) is 18.1 Å². The van der Waals surface area contributed by atoms with Crippen LogP contribution in [0.3, 0.4) is 0 Å². The molecule has 8 heteroatoms. The van der Waals surface area contributed by atoms with E-state index in [-0.39, 0.29) is 5.75 Å². The van der Waals surface area contributed by atoms with Gasteiger partial charge in [0.15, 0.2) is 5.96 Å². The van der Waals surface area contributed by atoms with Gasteiger partial charge >= 0.3 is 0 Å². The summed E-state index contributed by atoms with van der Waals surface area (Å²) in [4.78, 5) is 4.50. The van der Waals surface area contributed by atoms with Crippen molar-refractivity contribution in [2.45, 2.75) is 32.7 Å². The molecule has 3 N–H and O–H groups in total. The molecule has 0 radical (unpaired) electrons.